The van der Waals surface area contributed by atoms with Gasteiger partial charge >= 0.3 is 0 Å². The minimum absolute atomic E-state index is 0.0742. The predicted octanol–water partition coefficient (Wildman–Crippen LogP) is 0.165. The second kappa shape index (κ2) is 5.95. The van der Waals surface area contributed by atoms with Crippen molar-refractivity contribution in [2.24, 2.45) is 5.73 Å². The van der Waals surface area contributed by atoms with Gasteiger partial charge in [0.25, 0.3) is 5.91 Å². The van der Waals surface area contributed by atoms with Crippen molar-refractivity contribution in [3.63, 3.8) is 0 Å². The van der Waals surface area contributed by atoms with E-state index in [0.29, 0.717) is 5.56 Å². The molecule has 0 aliphatic rings. The average Bonchev–Trinajstić information content (AvgIpc) is 2.29. The van der Waals surface area contributed by atoms with Crippen LogP contribution in [0.2, 0.25) is 0 Å². The molecule has 1 aromatic rings. The van der Waals surface area contributed by atoms with Crippen LogP contribution in [-0.2, 0) is 4.79 Å². The third-order valence-corrected chi connectivity index (χ3v) is 2.26. The standard InChI is InChI=1S/C11H13N3O2S/c1-7(9(12)15)13-11(17)14-10(16)8-5-3-2-4-6-8/h2-7H,1H3,(H2,12,15)(H2,13,14,16,17)/t7-/m0/s1. The van der Waals surface area contributed by atoms with Crippen molar-refractivity contribution in [3.8, 4) is 0 Å². The average molecular weight is 251 g/mol. The van der Waals surface area contributed by atoms with E-state index in [9.17, 15) is 9.59 Å². The molecule has 0 unspecified atom stereocenters. The van der Waals surface area contributed by atoms with Gasteiger partial charge < -0.3 is 11.1 Å². The molecule has 0 radical (unpaired) electrons. The number of carbonyl (C=O) groups excluding carboxylic acids is 2. The summed E-state index contributed by atoms with van der Waals surface area (Å²) in [5.41, 5.74) is 5.54. The minimum atomic E-state index is -0.626. The third-order valence-electron chi connectivity index (χ3n) is 2.04. The van der Waals surface area contributed by atoms with E-state index < -0.39 is 11.9 Å². The maximum Gasteiger partial charge on any atom is 0.257 e. The quantitative estimate of drug-likeness (QED) is 0.668. The number of hydrogen-bond donors (Lipinski definition) is 3. The molecule has 0 saturated carbocycles. The Morgan fingerprint density at radius 1 is 1.29 bits per heavy atom. The van der Waals surface area contributed by atoms with E-state index in [0.717, 1.165) is 0 Å². The summed E-state index contributed by atoms with van der Waals surface area (Å²) in [6, 6.07) is 8.00. The molecule has 1 atom stereocenters. The summed E-state index contributed by atoms with van der Waals surface area (Å²) < 4.78 is 0. The van der Waals surface area contributed by atoms with Gasteiger partial charge in [0.05, 0.1) is 0 Å². The monoisotopic (exact) mass is 251 g/mol. The summed E-state index contributed by atoms with van der Waals surface area (Å²) in [7, 11) is 0. The van der Waals surface area contributed by atoms with Crippen molar-refractivity contribution in [2.45, 2.75) is 13.0 Å². The summed E-state index contributed by atoms with van der Waals surface area (Å²) in [4.78, 5) is 22.4. The van der Waals surface area contributed by atoms with Gasteiger partial charge in [0.1, 0.15) is 6.04 Å². The fourth-order valence-corrected chi connectivity index (χ4v) is 1.34. The molecule has 4 N–H and O–H groups in total. The maximum atomic E-state index is 11.7. The highest BCUT2D eigenvalue weighted by Gasteiger charge is 2.12. The molecule has 5 nitrogen and oxygen atoms in total. The lowest BCUT2D eigenvalue weighted by Crippen LogP contribution is -2.48. The second-order valence-electron chi connectivity index (χ2n) is 3.42. The van der Waals surface area contributed by atoms with Gasteiger partial charge in [0.15, 0.2) is 5.11 Å². The number of thiocarbonyl (C=S) groups is 1. The molecule has 0 aromatic heterocycles. The van der Waals surface area contributed by atoms with Gasteiger partial charge in [0, 0.05) is 5.56 Å². The zero-order valence-corrected chi connectivity index (χ0v) is 10.1. The lowest BCUT2D eigenvalue weighted by atomic mass is 10.2. The Bertz CT molecular complexity index is 434. The van der Waals surface area contributed by atoms with E-state index in [1.165, 1.54) is 0 Å². The Hall–Kier alpha value is -1.95. The van der Waals surface area contributed by atoms with Crippen LogP contribution in [0, 0.1) is 0 Å². The molecule has 0 spiro atoms. The summed E-state index contributed by atoms with van der Waals surface area (Å²) in [6.45, 7) is 1.56. The van der Waals surface area contributed by atoms with E-state index in [2.05, 4.69) is 10.6 Å². The van der Waals surface area contributed by atoms with Crippen molar-refractivity contribution in [3.05, 3.63) is 35.9 Å². The molecular formula is C11H13N3O2S. The van der Waals surface area contributed by atoms with Gasteiger partial charge in [-0.3, -0.25) is 14.9 Å². The summed E-state index contributed by atoms with van der Waals surface area (Å²) in [5.74, 6) is -0.874. The van der Waals surface area contributed by atoms with Crippen LogP contribution in [0.25, 0.3) is 0 Å². The zero-order valence-electron chi connectivity index (χ0n) is 9.27. The van der Waals surface area contributed by atoms with E-state index in [1.54, 1.807) is 31.2 Å². The molecule has 17 heavy (non-hydrogen) atoms. The van der Waals surface area contributed by atoms with Gasteiger partial charge in [0.2, 0.25) is 5.91 Å². The van der Waals surface area contributed by atoms with Crippen LogP contribution in [0.4, 0.5) is 0 Å². The van der Waals surface area contributed by atoms with Crippen molar-refractivity contribution in [1.82, 2.24) is 10.6 Å². The number of hydrogen-bond acceptors (Lipinski definition) is 3. The Morgan fingerprint density at radius 2 is 1.88 bits per heavy atom. The first-order chi connectivity index (χ1) is 8.00. The van der Waals surface area contributed by atoms with E-state index in [1.807, 2.05) is 6.07 Å². The fraction of sp³-hybridized carbons (Fsp3) is 0.182. The Balaban J connectivity index is 2.53. The minimum Gasteiger partial charge on any atom is -0.368 e. The number of amides is 2. The number of benzene rings is 1. The van der Waals surface area contributed by atoms with E-state index in [4.69, 9.17) is 18.0 Å². The number of primary amides is 1. The maximum absolute atomic E-state index is 11.7. The van der Waals surface area contributed by atoms with Crippen LogP contribution >= 0.6 is 12.2 Å². The van der Waals surface area contributed by atoms with Gasteiger partial charge in [-0.1, -0.05) is 18.2 Å². The molecular weight excluding hydrogens is 238 g/mol. The fourth-order valence-electron chi connectivity index (χ4n) is 1.07. The van der Waals surface area contributed by atoms with Gasteiger partial charge in [-0.15, -0.1) is 0 Å². The van der Waals surface area contributed by atoms with E-state index in [-0.39, 0.29) is 11.0 Å². The highest BCUT2D eigenvalue weighted by molar-refractivity contribution is 7.80. The Labute approximate surface area is 104 Å². The summed E-state index contributed by atoms with van der Waals surface area (Å²) in [6.07, 6.45) is 0. The van der Waals surface area contributed by atoms with Crippen molar-refractivity contribution < 1.29 is 9.59 Å². The van der Waals surface area contributed by atoms with Gasteiger partial charge in [-0.2, -0.15) is 0 Å². The highest BCUT2D eigenvalue weighted by atomic mass is 32.1. The smallest absolute Gasteiger partial charge is 0.257 e. The molecule has 6 heteroatoms. The molecule has 0 fully saturated rings. The Kier molecular flexibility index (Phi) is 4.59. The molecule has 2 amide bonds. The third kappa shape index (κ3) is 4.20. The predicted molar refractivity (Wildman–Crippen MR) is 68.3 cm³/mol. The molecule has 0 saturated heterocycles. The van der Waals surface area contributed by atoms with Gasteiger partial charge in [-0.05, 0) is 31.3 Å². The molecule has 0 aliphatic carbocycles. The molecule has 1 aromatic carbocycles. The topological polar surface area (TPSA) is 84.2 Å². The molecule has 0 heterocycles. The number of nitrogens with two attached hydrogens (primary N) is 1. The van der Waals surface area contributed by atoms with Crippen molar-refractivity contribution in [2.75, 3.05) is 0 Å². The SMILES string of the molecule is C[C@H](NC(=S)NC(=O)c1ccccc1)C(N)=O. The van der Waals surface area contributed by atoms with Crippen molar-refractivity contribution >= 4 is 29.1 Å². The zero-order chi connectivity index (χ0) is 12.8. The summed E-state index contributed by atoms with van der Waals surface area (Å²) >= 11 is 4.87. The first-order valence-electron chi connectivity index (χ1n) is 4.97. The highest BCUT2D eigenvalue weighted by Crippen LogP contribution is 1.97. The van der Waals surface area contributed by atoms with Crippen LogP contribution in [0.1, 0.15) is 17.3 Å². The van der Waals surface area contributed by atoms with Crippen LogP contribution in [0.15, 0.2) is 30.3 Å². The first-order valence-corrected chi connectivity index (χ1v) is 5.37. The van der Waals surface area contributed by atoms with Gasteiger partial charge in [-0.25, -0.2) is 0 Å². The van der Waals surface area contributed by atoms with Crippen molar-refractivity contribution in [1.29, 1.82) is 0 Å². The van der Waals surface area contributed by atoms with Crippen LogP contribution in [0.3, 0.4) is 0 Å². The molecule has 0 aliphatic heterocycles. The Morgan fingerprint density at radius 3 is 2.41 bits per heavy atom. The number of rotatable bonds is 3. The van der Waals surface area contributed by atoms with Crippen LogP contribution < -0.4 is 16.4 Å². The molecule has 90 valence electrons. The normalized spacial score (nSPS) is 11.4. The largest absolute Gasteiger partial charge is 0.368 e. The summed E-state index contributed by atoms with van der Waals surface area (Å²) in [5, 5.41) is 5.13. The number of nitrogens with one attached hydrogen (secondary N) is 2. The second-order valence-corrected chi connectivity index (χ2v) is 3.83. The number of carbonyl (C=O) groups is 2. The lowest BCUT2D eigenvalue weighted by Gasteiger charge is -2.13. The lowest BCUT2D eigenvalue weighted by molar-refractivity contribution is -0.119. The van der Waals surface area contributed by atoms with Crippen LogP contribution in [0.5, 0.6) is 0 Å². The molecule has 1 rings (SSSR count). The first kappa shape index (κ1) is 13.1. The molecule has 0 bridgehead atoms. The van der Waals surface area contributed by atoms with E-state index >= 15 is 0 Å². The van der Waals surface area contributed by atoms with Crippen LogP contribution in [-0.4, -0.2) is 23.0 Å².